The third-order valence-corrected chi connectivity index (χ3v) is 3.86. The SMILES string of the molecule is COc1c(C)ccc(C(=O)CC(=O)c2ccc(N(C)C)cc2)c1O. The van der Waals surface area contributed by atoms with Gasteiger partial charge in [0.25, 0.3) is 0 Å². The van der Waals surface area contributed by atoms with Crippen LogP contribution < -0.4 is 9.64 Å². The molecule has 0 heterocycles. The Balaban J connectivity index is 2.19. The first-order valence-corrected chi connectivity index (χ1v) is 7.55. The molecule has 0 amide bonds. The fourth-order valence-corrected chi connectivity index (χ4v) is 2.44. The maximum atomic E-state index is 12.4. The Kier molecular flexibility index (Phi) is 5.24. The molecule has 1 N–H and O–H groups in total. The Morgan fingerprint density at radius 3 is 2.21 bits per heavy atom. The number of anilines is 1. The molecule has 2 aromatic rings. The molecule has 0 aliphatic carbocycles. The average Bonchev–Trinajstić information content (AvgIpc) is 2.55. The summed E-state index contributed by atoms with van der Waals surface area (Å²) < 4.78 is 5.10. The fourth-order valence-electron chi connectivity index (χ4n) is 2.44. The monoisotopic (exact) mass is 327 g/mol. The molecule has 2 aromatic carbocycles. The number of benzene rings is 2. The Hall–Kier alpha value is -2.82. The van der Waals surface area contributed by atoms with Crippen molar-refractivity contribution in [3.63, 3.8) is 0 Å². The van der Waals surface area contributed by atoms with E-state index in [1.807, 2.05) is 31.1 Å². The van der Waals surface area contributed by atoms with Gasteiger partial charge in [-0.25, -0.2) is 0 Å². The van der Waals surface area contributed by atoms with E-state index in [0.29, 0.717) is 5.56 Å². The van der Waals surface area contributed by atoms with Crippen molar-refractivity contribution in [1.82, 2.24) is 0 Å². The summed E-state index contributed by atoms with van der Waals surface area (Å²) in [5.41, 5.74) is 2.25. The number of hydrogen-bond donors (Lipinski definition) is 1. The molecule has 126 valence electrons. The highest BCUT2D eigenvalue weighted by molar-refractivity contribution is 6.14. The molecule has 0 aromatic heterocycles. The third-order valence-electron chi connectivity index (χ3n) is 3.86. The van der Waals surface area contributed by atoms with Crippen molar-refractivity contribution >= 4 is 17.3 Å². The van der Waals surface area contributed by atoms with E-state index in [9.17, 15) is 14.7 Å². The van der Waals surface area contributed by atoms with Crippen molar-refractivity contribution in [2.75, 3.05) is 26.1 Å². The second kappa shape index (κ2) is 7.17. The summed E-state index contributed by atoms with van der Waals surface area (Å²) in [7, 11) is 5.25. The van der Waals surface area contributed by atoms with Crippen molar-refractivity contribution in [2.45, 2.75) is 13.3 Å². The van der Waals surface area contributed by atoms with Crippen LogP contribution in [0.1, 0.15) is 32.7 Å². The predicted octanol–water partition coefficient (Wildman–Crippen LogP) is 3.23. The molecular formula is C19H21NO4. The number of phenols is 1. The minimum atomic E-state index is -0.438. The summed E-state index contributed by atoms with van der Waals surface area (Å²) in [5.74, 6) is -0.696. The van der Waals surface area contributed by atoms with Crippen LogP contribution in [-0.4, -0.2) is 37.9 Å². The Morgan fingerprint density at radius 2 is 1.67 bits per heavy atom. The van der Waals surface area contributed by atoms with Gasteiger partial charge in [0.2, 0.25) is 0 Å². The Morgan fingerprint density at radius 1 is 1.04 bits per heavy atom. The maximum Gasteiger partial charge on any atom is 0.174 e. The molecule has 2 rings (SSSR count). The quantitative estimate of drug-likeness (QED) is 0.652. The lowest BCUT2D eigenvalue weighted by molar-refractivity contribution is 0.0892. The van der Waals surface area contributed by atoms with Crippen LogP contribution in [-0.2, 0) is 0 Å². The number of hydrogen-bond acceptors (Lipinski definition) is 5. The number of methoxy groups -OCH3 is 1. The number of carbonyl (C=O) groups is 2. The molecule has 5 nitrogen and oxygen atoms in total. The van der Waals surface area contributed by atoms with Crippen LogP contribution in [0.3, 0.4) is 0 Å². The lowest BCUT2D eigenvalue weighted by Crippen LogP contribution is -2.11. The lowest BCUT2D eigenvalue weighted by Gasteiger charge is -2.12. The van der Waals surface area contributed by atoms with Crippen LogP contribution in [0.15, 0.2) is 36.4 Å². The summed E-state index contributed by atoms with van der Waals surface area (Å²) >= 11 is 0. The minimum absolute atomic E-state index is 0.0933. The van der Waals surface area contributed by atoms with E-state index in [2.05, 4.69) is 0 Å². The van der Waals surface area contributed by atoms with E-state index in [-0.39, 0.29) is 29.3 Å². The molecule has 24 heavy (non-hydrogen) atoms. The van der Waals surface area contributed by atoms with Gasteiger partial charge in [0.05, 0.1) is 19.1 Å². The van der Waals surface area contributed by atoms with Crippen LogP contribution in [0, 0.1) is 6.92 Å². The molecule has 0 fully saturated rings. The normalized spacial score (nSPS) is 10.3. The molecule has 0 saturated carbocycles. The number of carbonyl (C=O) groups excluding carboxylic acids is 2. The summed E-state index contributed by atoms with van der Waals surface area (Å²) in [6.45, 7) is 1.77. The fraction of sp³-hybridized carbons (Fsp3) is 0.263. The number of phenolic OH excluding ortho intramolecular Hbond substituents is 1. The molecule has 0 aliphatic rings. The van der Waals surface area contributed by atoms with Gasteiger partial charge in [-0.15, -0.1) is 0 Å². The second-order valence-corrected chi connectivity index (χ2v) is 5.78. The molecule has 0 aliphatic heterocycles. The lowest BCUT2D eigenvalue weighted by atomic mass is 9.99. The standard InChI is InChI=1S/C19H21NO4/c1-12-5-10-15(18(23)19(12)24-4)17(22)11-16(21)13-6-8-14(9-7-13)20(2)3/h5-10,23H,11H2,1-4H3. The first-order valence-electron chi connectivity index (χ1n) is 7.55. The highest BCUT2D eigenvalue weighted by Crippen LogP contribution is 2.34. The van der Waals surface area contributed by atoms with Gasteiger partial charge in [-0.2, -0.15) is 0 Å². The number of rotatable bonds is 6. The van der Waals surface area contributed by atoms with Crippen molar-refractivity contribution in [2.24, 2.45) is 0 Å². The van der Waals surface area contributed by atoms with E-state index >= 15 is 0 Å². The van der Waals surface area contributed by atoms with Gasteiger partial charge in [-0.1, -0.05) is 6.07 Å². The first kappa shape index (κ1) is 17.5. The van der Waals surface area contributed by atoms with Crippen molar-refractivity contribution < 1.29 is 19.4 Å². The predicted molar refractivity (Wildman–Crippen MR) is 93.4 cm³/mol. The van der Waals surface area contributed by atoms with Gasteiger partial charge in [0.1, 0.15) is 0 Å². The summed E-state index contributed by atoms with van der Waals surface area (Å²) in [4.78, 5) is 26.6. The van der Waals surface area contributed by atoms with Crippen LogP contribution in [0.2, 0.25) is 0 Å². The largest absolute Gasteiger partial charge is 0.504 e. The smallest absolute Gasteiger partial charge is 0.174 e. The summed E-state index contributed by atoms with van der Waals surface area (Å²) in [6.07, 6.45) is -0.304. The number of Topliss-reactive ketones (excluding diaryl/α,β-unsaturated/α-hetero) is 2. The third kappa shape index (κ3) is 3.56. The number of ether oxygens (including phenoxy) is 1. The number of nitrogens with zero attached hydrogens (tertiary/aromatic N) is 1. The van der Waals surface area contributed by atoms with Crippen molar-refractivity contribution in [3.05, 3.63) is 53.1 Å². The van der Waals surface area contributed by atoms with Gasteiger partial charge < -0.3 is 14.7 Å². The highest BCUT2D eigenvalue weighted by Gasteiger charge is 2.20. The number of aromatic hydroxyl groups is 1. The molecule has 0 spiro atoms. The van der Waals surface area contributed by atoms with Crippen LogP contribution in [0.4, 0.5) is 5.69 Å². The number of aryl methyl sites for hydroxylation is 1. The zero-order valence-corrected chi connectivity index (χ0v) is 14.3. The second-order valence-electron chi connectivity index (χ2n) is 5.78. The zero-order chi connectivity index (χ0) is 17.9. The molecule has 0 atom stereocenters. The first-order chi connectivity index (χ1) is 11.3. The zero-order valence-electron chi connectivity index (χ0n) is 14.3. The minimum Gasteiger partial charge on any atom is -0.504 e. The summed E-state index contributed by atoms with van der Waals surface area (Å²) in [6, 6.07) is 10.2. The molecule has 0 saturated heterocycles. The van der Waals surface area contributed by atoms with Gasteiger partial charge in [0.15, 0.2) is 23.1 Å². The topological polar surface area (TPSA) is 66.8 Å². The average molecular weight is 327 g/mol. The van der Waals surface area contributed by atoms with Crippen LogP contribution in [0.5, 0.6) is 11.5 Å². The van der Waals surface area contributed by atoms with Gasteiger partial charge >= 0.3 is 0 Å². The van der Waals surface area contributed by atoms with Crippen molar-refractivity contribution in [1.29, 1.82) is 0 Å². The van der Waals surface area contributed by atoms with Gasteiger partial charge in [0, 0.05) is 25.3 Å². The van der Waals surface area contributed by atoms with E-state index in [4.69, 9.17) is 4.74 Å². The van der Waals surface area contributed by atoms with Gasteiger partial charge in [-0.05, 0) is 42.8 Å². The molecular weight excluding hydrogens is 306 g/mol. The Labute approximate surface area is 141 Å². The molecule has 5 heteroatoms. The maximum absolute atomic E-state index is 12.4. The van der Waals surface area contributed by atoms with Crippen LogP contribution in [0.25, 0.3) is 0 Å². The van der Waals surface area contributed by atoms with Gasteiger partial charge in [-0.3, -0.25) is 9.59 Å². The van der Waals surface area contributed by atoms with E-state index in [1.165, 1.54) is 13.2 Å². The Bertz CT molecular complexity index is 764. The molecule has 0 bridgehead atoms. The van der Waals surface area contributed by atoms with Crippen LogP contribution >= 0.6 is 0 Å². The van der Waals surface area contributed by atoms with E-state index in [0.717, 1.165) is 11.3 Å². The highest BCUT2D eigenvalue weighted by atomic mass is 16.5. The van der Waals surface area contributed by atoms with Crippen molar-refractivity contribution in [3.8, 4) is 11.5 Å². The molecule has 0 radical (unpaired) electrons. The summed E-state index contributed by atoms with van der Waals surface area (Å²) in [5, 5.41) is 10.2. The molecule has 0 unspecified atom stereocenters. The number of ketones is 2. The van der Waals surface area contributed by atoms with E-state index < -0.39 is 5.78 Å². The van der Waals surface area contributed by atoms with E-state index in [1.54, 1.807) is 25.1 Å².